The zero-order valence-electron chi connectivity index (χ0n) is 8.96. The summed E-state index contributed by atoms with van der Waals surface area (Å²) in [4.78, 5) is 36.1. The Morgan fingerprint density at radius 3 is 2.56 bits per heavy atom. The summed E-state index contributed by atoms with van der Waals surface area (Å²) >= 11 is 0. The van der Waals surface area contributed by atoms with Crippen molar-refractivity contribution in [2.75, 3.05) is 0 Å². The molecule has 0 saturated carbocycles. The molecule has 0 unspecified atom stereocenters. The highest BCUT2D eigenvalue weighted by Crippen LogP contribution is 2.05. The number of aromatic nitrogens is 1. The molecule has 0 fully saturated rings. The van der Waals surface area contributed by atoms with Crippen molar-refractivity contribution in [3.05, 3.63) is 29.8 Å². The SMILES string of the molecule is O=C(O)C[C@H](NC(=O)c1ccncc1F)C(=O)O. The Kier molecular flexibility index (Phi) is 4.30. The van der Waals surface area contributed by atoms with E-state index in [0.29, 0.717) is 0 Å². The van der Waals surface area contributed by atoms with Gasteiger partial charge in [0.25, 0.3) is 5.91 Å². The molecular formula is C10H9FN2O5. The van der Waals surface area contributed by atoms with Crippen LogP contribution in [0.15, 0.2) is 18.5 Å². The van der Waals surface area contributed by atoms with Gasteiger partial charge in [0.05, 0.1) is 18.2 Å². The van der Waals surface area contributed by atoms with Gasteiger partial charge in [0.15, 0.2) is 5.82 Å². The minimum absolute atomic E-state index is 0.401. The van der Waals surface area contributed by atoms with E-state index in [0.717, 1.165) is 18.5 Å². The molecule has 0 aliphatic heterocycles. The van der Waals surface area contributed by atoms with Crippen LogP contribution < -0.4 is 5.32 Å². The fourth-order valence-corrected chi connectivity index (χ4v) is 1.17. The second-order valence-electron chi connectivity index (χ2n) is 3.32. The lowest BCUT2D eigenvalue weighted by molar-refractivity contribution is -0.145. The molecule has 8 heteroatoms. The summed E-state index contributed by atoms with van der Waals surface area (Å²) in [5.41, 5.74) is -0.401. The van der Waals surface area contributed by atoms with Gasteiger partial charge in [-0.3, -0.25) is 14.6 Å². The quantitative estimate of drug-likeness (QED) is 0.676. The van der Waals surface area contributed by atoms with Crippen LogP contribution in [0.25, 0.3) is 0 Å². The van der Waals surface area contributed by atoms with Gasteiger partial charge in [-0.25, -0.2) is 9.18 Å². The van der Waals surface area contributed by atoms with Gasteiger partial charge >= 0.3 is 11.9 Å². The van der Waals surface area contributed by atoms with E-state index in [9.17, 15) is 18.8 Å². The van der Waals surface area contributed by atoms with Crippen molar-refractivity contribution in [1.82, 2.24) is 10.3 Å². The molecule has 1 rings (SSSR count). The number of carbonyl (C=O) groups excluding carboxylic acids is 1. The molecule has 1 heterocycles. The maximum absolute atomic E-state index is 13.2. The summed E-state index contributed by atoms with van der Waals surface area (Å²) in [6.07, 6.45) is 1.15. The molecule has 1 aromatic rings. The average molecular weight is 256 g/mol. The van der Waals surface area contributed by atoms with Crippen LogP contribution in [0.1, 0.15) is 16.8 Å². The van der Waals surface area contributed by atoms with Gasteiger partial charge in [0.1, 0.15) is 6.04 Å². The predicted octanol–water partition coefficient (Wildman–Crippen LogP) is -0.122. The van der Waals surface area contributed by atoms with Crippen molar-refractivity contribution in [2.45, 2.75) is 12.5 Å². The molecule has 0 aliphatic rings. The van der Waals surface area contributed by atoms with E-state index in [2.05, 4.69) is 4.98 Å². The van der Waals surface area contributed by atoms with Crippen molar-refractivity contribution in [3.63, 3.8) is 0 Å². The predicted molar refractivity (Wildman–Crippen MR) is 55.3 cm³/mol. The molecule has 7 nitrogen and oxygen atoms in total. The Hall–Kier alpha value is -2.51. The number of hydrogen-bond acceptors (Lipinski definition) is 4. The lowest BCUT2D eigenvalue weighted by atomic mass is 10.1. The Bertz CT molecular complexity index is 491. The zero-order chi connectivity index (χ0) is 13.7. The van der Waals surface area contributed by atoms with E-state index in [1.807, 2.05) is 5.32 Å². The molecule has 0 radical (unpaired) electrons. The van der Waals surface area contributed by atoms with Crippen molar-refractivity contribution in [1.29, 1.82) is 0 Å². The maximum Gasteiger partial charge on any atom is 0.326 e. The van der Waals surface area contributed by atoms with E-state index >= 15 is 0 Å². The minimum Gasteiger partial charge on any atom is -0.481 e. The number of rotatable bonds is 5. The van der Waals surface area contributed by atoms with Crippen LogP contribution in [0, 0.1) is 5.82 Å². The highest BCUT2D eigenvalue weighted by molar-refractivity contribution is 5.97. The van der Waals surface area contributed by atoms with Crippen molar-refractivity contribution in [2.24, 2.45) is 0 Å². The number of carboxylic acid groups (broad SMARTS) is 2. The van der Waals surface area contributed by atoms with Crippen LogP contribution in [0.3, 0.4) is 0 Å². The molecular weight excluding hydrogens is 247 g/mol. The second kappa shape index (κ2) is 5.71. The summed E-state index contributed by atoms with van der Waals surface area (Å²) in [5.74, 6) is -4.84. The minimum atomic E-state index is -1.62. The smallest absolute Gasteiger partial charge is 0.326 e. The largest absolute Gasteiger partial charge is 0.481 e. The normalized spacial score (nSPS) is 11.6. The molecule has 0 aliphatic carbocycles. The van der Waals surface area contributed by atoms with Gasteiger partial charge in [-0.1, -0.05) is 0 Å². The third kappa shape index (κ3) is 3.51. The Labute approximate surface area is 100 Å². The van der Waals surface area contributed by atoms with E-state index in [4.69, 9.17) is 10.2 Å². The summed E-state index contributed by atoms with van der Waals surface area (Å²) in [5, 5.41) is 19.1. The number of halogens is 1. The van der Waals surface area contributed by atoms with E-state index in [-0.39, 0.29) is 0 Å². The molecule has 3 N–H and O–H groups in total. The number of hydrogen-bond donors (Lipinski definition) is 3. The number of pyridine rings is 1. The van der Waals surface area contributed by atoms with Crippen LogP contribution in [0.5, 0.6) is 0 Å². The highest BCUT2D eigenvalue weighted by atomic mass is 19.1. The fourth-order valence-electron chi connectivity index (χ4n) is 1.17. The molecule has 1 aromatic heterocycles. The first-order valence-corrected chi connectivity index (χ1v) is 4.76. The molecule has 96 valence electrons. The first-order chi connectivity index (χ1) is 8.41. The molecule has 18 heavy (non-hydrogen) atoms. The number of nitrogens with one attached hydrogen (secondary N) is 1. The molecule has 1 amide bonds. The monoisotopic (exact) mass is 256 g/mol. The van der Waals surface area contributed by atoms with Gasteiger partial charge in [-0.2, -0.15) is 0 Å². The third-order valence-corrected chi connectivity index (χ3v) is 2.00. The number of amides is 1. The second-order valence-corrected chi connectivity index (χ2v) is 3.32. The van der Waals surface area contributed by atoms with Crippen molar-refractivity contribution >= 4 is 17.8 Å². The molecule has 0 spiro atoms. The van der Waals surface area contributed by atoms with Crippen molar-refractivity contribution < 1.29 is 29.0 Å². The van der Waals surface area contributed by atoms with E-state index in [1.54, 1.807) is 0 Å². The van der Waals surface area contributed by atoms with Crippen molar-refractivity contribution in [3.8, 4) is 0 Å². The molecule has 1 atom stereocenters. The average Bonchev–Trinajstić information content (AvgIpc) is 2.27. The molecule has 0 saturated heterocycles. The number of carbonyl (C=O) groups is 3. The van der Waals surface area contributed by atoms with Gasteiger partial charge in [-0.15, -0.1) is 0 Å². The van der Waals surface area contributed by atoms with Crippen LogP contribution in [-0.2, 0) is 9.59 Å². The summed E-state index contributed by atoms with van der Waals surface area (Å²) < 4.78 is 13.2. The third-order valence-electron chi connectivity index (χ3n) is 2.00. The van der Waals surface area contributed by atoms with Crippen LogP contribution in [0.4, 0.5) is 4.39 Å². The Morgan fingerprint density at radius 2 is 2.06 bits per heavy atom. The maximum atomic E-state index is 13.2. The number of nitrogens with zero attached hydrogens (tertiary/aromatic N) is 1. The standard InChI is InChI=1S/C10H9FN2O5/c11-6-4-12-2-1-5(6)9(16)13-7(10(17)18)3-8(14)15/h1-2,4,7H,3H2,(H,13,16)(H,14,15)(H,17,18)/t7-/m0/s1. The number of carboxylic acids is 2. The van der Waals surface area contributed by atoms with Crippen LogP contribution in [-0.4, -0.2) is 39.1 Å². The van der Waals surface area contributed by atoms with Crippen LogP contribution >= 0.6 is 0 Å². The summed E-state index contributed by atoms with van der Waals surface area (Å²) in [7, 11) is 0. The zero-order valence-corrected chi connectivity index (χ0v) is 8.96. The lowest BCUT2D eigenvalue weighted by Gasteiger charge is -2.12. The summed E-state index contributed by atoms with van der Waals surface area (Å²) in [6, 6.07) is -0.563. The Morgan fingerprint density at radius 1 is 1.39 bits per heavy atom. The van der Waals surface area contributed by atoms with Gasteiger partial charge in [0, 0.05) is 6.20 Å². The number of aliphatic carboxylic acids is 2. The Balaban J connectivity index is 2.82. The molecule has 0 bridgehead atoms. The first kappa shape index (κ1) is 13.6. The van der Waals surface area contributed by atoms with E-state index in [1.165, 1.54) is 0 Å². The fraction of sp³-hybridized carbons (Fsp3) is 0.200. The van der Waals surface area contributed by atoms with Gasteiger partial charge < -0.3 is 15.5 Å². The molecule has 0 aromatic carbocycles. The highest BCUT2D eigenvalue weighted by Gasteiger charge is 2.24. The van der Waals surface area contributed by atoms with E-state index < -0.39 is 41.7 Å². The van der Waals surface area contributed by atoms with Gasteiger partial charge in [-0.05, 0) is 6.07 Å². The summed E-state index contributed by atoms with van der Waals surface area (Å²) in [6.45, 7) is 0. The van der Waals surface area contributed by atoms with Gasteiger partial charge in [0.2, 0.25) is 0 Å². The van der Waals surface area contributed by atoms with Crippen LogP contribution in [0.2, 0.25) is 0 Å². The first-order valence-electron chi connectivity index (χ1n) is 4.76. The lowest BCUT2D eigenvalue weighted by Crippen LogP contribution is -2.42. The topological polar surface area (TPSA) is 117 Å².